The lowest BCUT2D eigenvalue weighted by Gasteiger charge is -2.08. The Balaban J connectivity index is 2.26. The van der Waals surface area contributed by atoms with Gasteiger partial charge >= 0.3 is 0 Å². The number of hydrogen-bond acceptors (Lipinski definition) is 3. The largest absolute Gasteiger partial charge is 0.439 e. The zero-order valence-electron chi connectivity index (χ0n) is 10.1. The number of rotatable bonds is 2. The van der Waals surface area contributed by atoms with E-state index in [9.17, 15) is 0 Å². The predicted octanol–water partition coefficient (Wildman–Crippen LogP) is 4.02. The van der Waals surface area contributed by atoms with Crippen LogP contribution >= 0.6 is 11.6 Å². The molecule has 0 N–H and O–H groups in total. The van der Waals surface area contributed by atoms with E-state index in [0.29, 0.717) is 17.2 Å². The molecule has 0 spiro atoms. The lowest BCUT2D eigenvalue weighted by molar-refractivity contribution is 0.462. The number of halogens is 1. The van der Waals surface area contributed by atoms with Crippen molar-refractivity contribution >= 4 is 11.6 Å². The van der Waals surface area contributed by atoms with Crippen molar-refractivity contribution in [3.05, 3.63) is 52.2 Å². The molecule has 18 heavy (non-hydrogen) atoms. The van der Waals surface area contributed by atoms with Gasteiger partial charge in [0, 0.05) is 17.3 Å². The third kappa shape index (κ3) is 2.61. The average Bonchev–Trinajstić information content (AvgIpc) is 2.37. The Hall–Kier alpha value is -2.05. The van der Waals surface area contributed by atoms with Crippen molar-refractivity contribution in [3.63, 3.8) is 0 Å². The highest BCUT2D eigenvalue weighted by Crippen LogP contribution is 2.28. The Bertz CT molecular complexity index is 592. The second kappa shape index (κ2) is 5.07. The van der Waals surface area contributed by atoms with Gasteiger partial charge in [0.15, 0.2) is 0 Å². The molecular weight excluding hydrogens is 248 g/mol. The molecule has 0 saturated carbocycles. The first kappa shape index (κ1) is 12.4. The van der Waals surface area contributed by atoms with Crippen LogP contribution in [-0.2, 0) is 0 Å². The number of nitriles is 1. The van der Waals surface area contributed by atoms with Crippen LogP contribution in [0.2, 0.25) is 5.02 Å². The maximum Gasteiger partial charge on any atom is 0.219 e. The summed E-state index contributed by atoms with van der Waals surface area (Å²) in [6.07, 6.45) is 1.48. The van der Waals surface area contributed by atoms with Gasteiger partial charge in [-0.25, -0.2) is 4.98 Å². The molecular formula is C14H11ClN2O. The zero-order valence-corrected chi connectivity index (χ0v) is 10.8. The monoisotopic (exact) mass is 258 g/mol. The summed E-state index contributed by atoms with van der Waals surface area (Å²) in [6, 6.07) is 9.05. The Morgan fingerprint density at radius 2 is 1.89 bits per heavy atom. The SMILES string of the molecule is Cc1cc(Oc2ccc(C#N)cn2)cc(C)c1Cl. The summed E-state index contributed by atoms with van der Waals surface area (Å²) in [7, 11) is 0. The van der Waals surface area contributed by atoms with Crippen LogP contribution in [-0.4, -0.2) is 4.98 Å². The van der Waals surface area contributed by atoms with E-state index in [1.807, 2.05) is 32.0 Å². The predicted molar refractivity (Wildman–Crippen MR) is 70.0 cm³/mol. The summed E-state index contributed by atoms with van der Waals surface area (Å²) in [5.74, 6) is 1.14. The van der Waals surface area contributed by atoms with Crippen LogP contribution in [0.5, 0.6) is 11.6 Å². The molecule has 90 valence electrons. The van der Waals surface area contributed by atoms with Crippen molar-refractivity contribution < 1.29 is 4.74 Å². The van der Waals surface area contributed by atoms with Crippen molar-refractivity contribution in [2.45, 2.75) is 13.8 Å². The van der Waals surface area contributed by atoms with Crippen LogP contribution in [0.3, 0.4) is 0 Å². The summed E-state index contributed by atoms with van der Waals surface area (Å²) in [4.78, 5) is 4.05. The minimum atomic E-state index is 0.454. The molecule has 0 bridgehead atoms. The smallest absolute Gasteiger partial charge is 0.219 e. The fourth-order valence-electron chi connectivity index (χ4n) is 1.59. The van der Waals surface area contributed by atoms with Crippen LogP contribution in [0.1, 0.15) is 16.7 Å². The molecule has 0 saturated heterocycles. The van der Waals surface area contributed by atoms with E-state index in [0.717, 1.165) is 16.1 Å². The van der Waals surface area contributed by atoms with E-state index in [4.69, 9.17) is 21.6 Å². The summed E-state index contributed by atoms with van der Waals surface area (Å²) in [5, 5.41) is 9.42. The molecule has 2 aromatic rings. The molecule has 0 atom stereocenters. The first-order valence-corrected chi connectivity index (χ1v) is 5.78. The van der Waals surface area contributed by atoms with E-state index in [-0.39, 0.29) is 0 Å². The fourth-order valence-corrected chi connectivity index (χ4v) is 1.70. The summed E-state index contributed by atoms with van der Waals surface area (Å²) in [5.41, 5.74) is 2.42. The van der Waals surface area contributed by atoms with Crippen LogP contribution < -0.4 is 4.74 Å². The number of aryl methyl sites for hydroxylation is 2. The second-order valence-electron chi connectivity index (χ2n) is 3.97. The molecule has 0 radical (unpaired) electrons. The van der Waals surface area contributed by atoms with E-state index in [1.165, 1.54) is 6.20 Å². The number of nitrogens with zero attached hydrogens (tertiary/aromatic N) is 2. The maximum absolute atomic E-state index is 8.68. The van der Waals surface area contributed by atoms with Crippen LogP contribution in [0, 0.1) is 25.2 Å². The van der Waals surface area contributed by atoms with Gasteiger partial charge in [0.05, 0.1) is 5.56 Å². The van der Waals surface area contributed by atoms with E-state index >= 15 is 0 Å². The number of benzene rings is 1. The Morgan fingerprint density at radius 3 is 2.39 bits per heavy atom. The Labute approximate surface area is 111 Å². The van der Waals surface area contributed by atoms with Crippen LogP contribution in [0.25, 0.3) is 0 Å². The molecule has 0 amide bonds. The molecule has 1 heterocycles. The molecule has 1 aromatic heterocycles. The second-order valence-corrected chi connectivity index (χ2v) is 4.35. The maximum atomic E-state index is 8.68. The molecule has 4 heteroatoms. The lowest BCUT2D eigenvalue weighted by atomic mass is 10.1. The fraction of sp³-hybridized carbons (Fsp3) is 0.143. The first-order chi connectivity index (χ1) is 8.60. The third-order valence-corrected chi connectivity index (χ3v) is 3.09. The Morgan fingerprint density at radius 1 is 1.22 bits per heavy atom. The van der Waals surface area contributed by atoms with Gasteiger partial charge in [-0.3, -0.25) is 0 Å². The summed E-state index contributed by atoms with van der Waals surface area (Å²) < 4.78 is 5.62. The summed E-state index contributed by atoms with van der Waals surface area (Å²) in [6.45, 7) is 3.85. The Kier molecular flexibility index (Phi) is 3.50. The van der Waals surface area contributed by atoms with Gasteiger partial charge in [0.25, 0.3) is 0 Å². The molecule has 0 unspecified atom stereocenters. The van der Waals surface area contributed by atoms with Gasteiger partial charge in [0.2, 0.25) is 5.88 Å². The molecule has 0 aliphatic heterocycles. The minimum Gasteiger partial charge on any atom is -0.439 e. The molecule has 1 aromatic carbocycles. The number of ether oxygens (including phenoxy) is 1. The van der Waals surface area contributed by atoms with Gasteiger partial charge < -0.3 is 4.74 Å². The molecule has 0 aliphatic carbocycles. The molecule has 0 aliphatic rings. The quantitative estimate of drug-likeness (QED) is 0.817. The van der Waals surface area contributed by atoms with Gasteiger partial charge in [0.1, 0.15) is 11.8 Å². The van der Waals surface area contributed by atoms with E-state index in [2.05, 4.69) is 4.98 Å². The van der Waals surface area contributed by atoms with Crippen molar-refractivity contribution in [3.8, 4) is 17.7 Å². The number of aromatic nitrogens is 1. The molecule has 2 rings (SSSR count). The van der Waals surface area contributed by atoms with Gasteiger partial charge in [-0.1, -0.05) is 11.6 Å². The van der Waals surface area contributed by atoms with Crippen molar-refractivity contribution in [2.75, 3.05) is 0 Å². The normalized spacial score (nSPS) is 9.89. The lowest BCUT2D eigenvalue weighted by Crippen LogP contribution is -1.90. The average molecular weight is 259 g/mol. The minimum absolute atomic E-state index is 0.454. The number of pyridine rings is 1. The molecule has 0 fully saturated rings. The van der Waals surface area contributed by atoms with Gasteiger partial charge in [-0.15, -0.1) is 0 Å². The van der Waals surface area contributed by atoms with E-state index < -0.39 is 0 Å². The highest BCUT2D eigenvalue weighted by Gasteiger charge is 2.05. The van der Waals surface area contributed by atoms with Crippen LogP contribution in [0.4, 0.5) is 0 Å². The van der Waals surface area contributed by atoms with Crippen molar-refractivity contribution in [1.82, 2.24) is 4.98 Å². The van der Waals surface area contributed by atoms with Gasteiger partial charge in [-0.2, -0.15) is 5.26 Å². The topological polar surface area (TPSA) is 45.9 Å². The molecule has 3 nitrogen and oxygen atoms in total. The highest BCUT2D eigenvalue weighted by molar-refractivity contribution is 6.32. The standard InChI is InChI=1S/C14H11ClN2O/c1-9-5-12(6-10(2)14(9)15)18-13-4-3-11(7-16)8-17-13/h3-6,8H,1-2H3. The van der Waals surface area contributed by atoms with Crippen LogP contribution in [0.15, 0.2) is 30.5 Å². The third-order valence-electron chi connectivity index (χ3n) is 2.50. The zero-order chi connectivity index (χ0) is 13.1. The summed E-state index contributed by atoms with van der Waals surface area (Å²) >= 11 is 6.08. The van der Waals surface area contributed by atoms with E-state index in [1.54, 1.807) is 12.1 Å². The van der Waals surface area contributed by atoms with Crippen molar-refractivity contribution in [2.24, 2.45) is 0 Å². The van der Waals surface area contributed by atoms with Gasteiger partial charge in [-0.05, 0) is 43.2 Å². The van der Waals surface area contributed by atoms with Crippen molar-refractivity contribution in [1.29, 1.82) is 5.26 Å². The highest BCUT2D eigenvalue weighted by atomic mass is 35.5. The first-order valence-electron chi connectivity index (χ1n) is 5.41. The number of hydrogen-bond donors (Lipinski definition) is 0.